The minimum absolute atomic E-state index is 0.0112. The molecule has 2 amide bonds. The molecule has 28 heavy (non-hydrogen) atoms. The molecule has 2 aromatic rings. The number of nitrogens with zero attached hydrogens (tertiary/aromatic N) is 2. The van der Waals surface area contributed by atoms with Gasteiger partial charge in [0.15, 0.2) is 0 Å². The van der Waals surface area contributed by atoms with Crippen LogP contribution in [0.1, 0.15) is 17.9 Å². The van der Waals surface area contributed by atoms with Crippen LogP contribution >= 0.6 is 15.9 Å². The van der Waals surface area contributed by atoms with E-state index in [0.717, 1.165) is 29.7 Å². The second-order valence-corrected chi connectivity index (χ2v) is 8.44. The highest BCUT2D eigenvalue weighted by Gasteiger charge is 2.46. The molecule has 0 radical (unpaired) electrons. The summed E-state index contributed by atoms with van der Waals surface area (Å²) >= 11 is 3.51. The largest absolute Gasteiger partial charge is 0.340 e. The molecule has 2 aliphatic rings. The summed E-state index contributed by atoms with van der Waals surface area (Å²) in [5.41, 5.74) is 2.05. The highest BCUT2D eigenvalue weighted by molar-refractivity contribution is 9.10. The van der Waals surface area contributed by atoms with Crippen molar-refractivity contribution in [2.45, 2.75) is 12.3 Å². The molecule has 1 aliphatic heterocycles. The predicted octanol–water partition coefficient (Wildman–Crippen LogP) is 3.34. The van der Waals surface area contributed by atoms with E-state index in [2.05, 4.69) is 38.3 Å². The van der Waals surface area contributed by atoms with Crippen LogP contribution in [0.5, 0.6) is 0 Å². The summed E-state index contributed by atoms with van der Waals surface area (Å²) < 4.78 is 1.06. The molecule has 1 saturated carbocycles. The van der Waals surface area contributed by atoms with Crippen LogP contribution in [0.3, 0.4) is 0 Å². The molecule has 146 valence electrons. The van der Waals surface area contributed by atoms with E-state index >= 15 is 0 Å². The fourth-order valence-corrected chi connectivity index (χ4v) is 4.28. The second kappa shape index (κ2) is 8.45. The molecule has 1 N–H and O–H groups in total. The van der Waals surface area contributed by atoms with Crippen LogP contribution in [0.15, 0.2) is 59.1 Å². The van der Waals surface area contributed by atoms with Gasteiger partial charge in [0.2, 0.25) is 11.8 Å². The predicted molar refractivity (Wildman–Crippen MR) is 113 cm³/mol. The van der Waals surface area contributed by atoms with Crippen molar-refractivity contribution in [1.82, 2.24) is 9.80 Å². The third-order valence-electron chi connectivity index (χ3n) is 5.49. The first-order chi connectivity index (χ1) is 13.6. The molecule has 0 aromatic heterocycles. The maximum Gasteiger partial charge on any atom is 0.238 e. The highest BCUT2D eigenvalue weighted by Crippen LogP contribution is 2.48. The number of hydrogen-bond donors (Lipinski definition) is 1. The van der Waals surface area contributed by atoms with Crippen LogP contribution in [0.2, 0.25) is 0 Å². The van der Waals surface area contributed by atoms with E-state index in [-0.39, 0.29) is 17.7 Å². The molecule has 1 aliphatic carbocycles. The molecular formula is C22H24BrN3O2. The molecule has 1 saturated heterocycles. The zero-order valence-electron chi connectivity index (χ0n) is 15.7. The summed E-state index contributed by atoms with van der Waals surface area (Å²) in [5, 5.41) is 2.91. The molecule has 2 atom stereocenters. The highest BCUT2D eigenvalue weighted by atomic mass is 79.9. The molecule has 6 heteroatoms. The number of benzene rings is 2. The SMILES string of the molecule is O=C(CN1CCN(C(=O)C2CC2c2cccc(Br)c2)CC1)Nc1ccccc1. The Labute approximate surface area is 173 Å². The summed E-state index contributed by atoms with van der Waals surface area (Å²) in [4.78, 5) is 29.1. The van der Waals surface area contributed by atoms with E-state index in [1.165, 1.54) is 5.56 Å². The van der Waals surface area contributed by atoms with Crippen molar-refractivity contribution in [3.8, 4) is 0 Å². The number of carbonyl (C=O) groups is 2. The zero-order valence-corrected chi connectivity index (χ0v) is 17.3. The zero-order chi connectivity index (χ0) is 19.5. The maximum absolute atomic E-state index is 12.8. The van der Waals surface area contributed by atoms with Gasteiger partial charge in [0, 0.05) is 42.3 Å². The summed E-state index contributed by atoms with van der Waals surface area (Å²) in [5.74, 6) is 0.711. The van der Waals surface area contributed by atoms with Gasteiger partial charge in [0.25, 0.3) is 0 Å². The van der Waals surface area contributed by atoms with Crippen molar-refractivity contribution in [1.29, 1.82) is 0 Å². The normalized spacial score (nSPS) is 22.0. The molecule has 4 rings (SSSR count). The van der Waals surface area contributed by atoms with E-state index in [1.54, 1.807) is 0 Å². The third kappa shape index (κ3) is 4.62. The van der Waals surface area contributed by atoms with E-state index < -0.39 is 0 Å². The Morgan fingerprint density at radius 1 is 1.00 bits per heavy atom. The number of nitrogens with one attached hydrogen (secondary N) is 1. The smallest absolute Gasteiger partial charge is 0.238 e. The first kappa shape index (κ1) is 19.2. The van der Waals surface area contributed by atoms with Crippen LogP contribution in [-0.4, -0.2) is 54.3 Å². The quantitative estimate of drug-likeness (QED) is 0.773. The molecule has 2 fully saturated rings. The second-order valence-electron chi connectivity index (χ2n) is 7.52. The van der Waals surface area contributed by atoms with Crippen molar-refractivity contribution in [2.24, 2.45) is 5.92 Å². The van der Waals surface area contributed by atoms with Crippen LogP contribution < -0.4 is 5.32 Å². The number of anilines is 1. The number of piperazine rings is 1. The van der Waals surface area contributed by atoms with Crippen molar-refractivity contribution in [3.05, 3.63) is 64.6 Å². The number of para-hydroxylation sites is 1. The van der Waals surface area contributed by atoms with Gasteiger partial charge in [0.1, 0.15) is 0 Å². The Balaban J connectivity index is 1.23. The fraction of sp³-hybridized carbons (Fsp3) is 0.364. The number of halogens is 1. The fourth-order valence-electron chi connectivity index (χ4n) is 3.86. The van der Waals surface area contributed by atoms with Crippen molar-refractivity contribution in [2.75, 3.05) is 38.0 Å². The van der Waals surface area contributed by atoms with Gasteiger partial charge in [-0.15, -0.1) is 0 Å². The lowest BCUT2D eigenvalue weighted by Gasteiger charge is -2.34. The molecule has 2 unspecified atom stereocenters. The monoisotopic (exact) mass is 441 g/mol. The van der Waals surface area contributed by atoms with Crippen molar-refractivity contribution >= 4 is 33.4 Å². The topological polar surface area (TPSA) is 52.7 Å². The standard InChI is InChI=1S/C22H24BrN3O2/c23-17-6-4-5-16(13-17)19-14-20(19)22(28)26-11-9-25(10-12-26)15-21(27)24-18-7-2-1-3-8-18/h1-8,13,19-20H,9-12,14-15H2,(H,24,27). The minimum Gasteiger partial charge on any atom is -0.340 e. The van der Waals surface area contributed by atoms with E-state index in [9.17, 15) is 9.59 Å². The summed E-state index contributed by atoms with van der Waals surface area (Å²) in [7, 11) is 0. The van der Waals surface area contributed by atoms with E-state index in [0.29, 0.717) is 25.6 Å². The van der Waals surface area contributed by atoms with Crippen molar-refractivity contribution < 1.29 is 9.59 Å². The maximum atomic E-state index is 12.8. The van der Waals surface area contributed by atoms with Crippen LogP contribution in [-0.2, 0) is 9.59 Å². The Kier molecular flexibility index (Phi) is 5.78. The van der Waals surface area contributed by atoms with Gasteiger partial charge < -0.3 is 10.2 Å². The lowest BCUT2D eigenvalue weighted by atomic mass is 10.1. The van der Waals surface area contributed by atoms with Crippen LogP contribution in [0, 0.1) is 5.92 Å². The summed E-state index contributed by atoms with van der Waals surface area (Å²) in [6.45, 7) is 3.23. The van der Waals surface area contributed by atoms with Crippen molar-refractivity contribution in [3.63, 3.8) is 0 Å². The Morgan fingerprint density at radius 3 is 2.46 bits per heavy atom. The van der Waals surface area contributed by atoms with Gasteiger partial charge in [-0.3, -0.25) is 14.5 Å². The molecular weight excluding hydrogens is 418 g/mol. The third-order valence-corrected chi connectivity index (χ3v) is 5.99. The number of carbonyl (C=O) groups excluding carboxylic acids is 2. The summed E-state index contributed by atoms with van der Waals surface area (Å²) in [6, 6.07) is 17.7. The Bertz CT molecular complexity index is 850. The first-order valence-corrected chi connectivity index (χ1v) is 10.5. The van der Waals surface area contributed by atoms with Gasteiger partial charge >= 0.3 is 0 Å². The van der Waals surface area contributed by atoms with Gasteiger partial charge in [-0.05, 0) is 42.2 Å². The number of amides is 2. The Morgan fingerprint density at radius 2 is 1.75 bits per heavy atom. The summed E-state index contributed by atoms with van der Waals surface area (Å²) in [6.07, 6.45) is 0.939. The number of hydrogen-bond acceptors (Lipinski definition) is 3. The van der Waals surface area contributed by atoms with Gasteiger partial charge in [-0.1, -0.05) is 46.3 Å². The molecule has 0 spiro atoms. The van der Waals surface area contributed by atoms with E-state index in [4.69, 9.17) is 0 Å². The van der Waals surface area contributed by atoms with Gasteiger partial charge in [-0.25, -0.2) is 0 Å². The molecule has 2 aromatic carbocycles. The van der Waals surface area contributed by atoms with Crippen LogP contribution in [0.4, 0.5) is 5.69 Å². The Hall–Kier alpha value is -2.18. The van der Waals surface area contributed by atoms with E-state index in [1.807, 2.05) is 47.4 Å². The van der Waals surface area contributed by atoms with Gasteiger partial charge in [0.05, 0.1) is 6.54 Å². The first-order valence-electron chi connectivity index (χ1n) is 9.71. The lowest BCUT2D eigenvalue weighted by molar-refractivity contribution is -0.134. The average molecular weight is 442 g/mol. The molecule has 1 heterocycles. The average Bonchev–Trinajstić information content (AvgIpc) is 3.50. The van der Waals surface area contributed by atoms with Gasteiger partial charge in [-0.2, -0.15) is 0 Å². The molecule has 5 nitrogen and oxygen atoms in total. The van der Waals surface area contributed by atoms with Crippen LogP contribution in [0.25, 0.3) is 0 Å². The number of rotatable bonds is 5. The minimum atomic E-state index is -0.0112. The lowest BCUT2D eigenvalue weighted by Crippen LogP contribution is -2.51. The molecule has 0 bridgehead atoms.